The quantitative estimate of drug-likeness (QED) is 0.377. The van der Waals surface area contributed by atoms with Crippen molar-refractivity contribution in [1.82, 2.24) is 34.9 Å². The maximum atomic E-state index is 12.7. The van der Waals surface area contributed by atoms with Gasteiger partial charge in [0, 0.05) is 23.3 Å². The summed E-state index contributed by atoms with van der Waals surface area (Å²) in [6, 6.07) is 5.71. The Morgan fingerprint density at radius 2 is 1.94 bits per heavy atom. The van der Waals surface area contributed by atoms with Crippen LogP contribution in [0, 0.1) is 0 Å². The first-order valence-corrected chi connectivity index (χ1v) is 12.7. The topological polar surface area (TPSA) is 103 Å². The van der Waals surface area contributed by atoms with E-state index in [0.717, 1.165) is 35.4 Å². The fourth-order valence-corrected chi connectivity index (χ4v) is 5.65. The molecule has 11 heteroatoms. The van der Waals surface area contributed by atoms with Crippen LogP contribution in [0.1, 0.15) is 42.8 Å². The van der Waals surface area contributed by atoms with Gasteiger partial charge in [0.25, 0.3) is 0 Å². The van der Waals surface area contributed by atoms with Crippen molar-refractivity contribution < 1.29 is 9.53 Å². The Labute approximate surface area is 217 Å². The van der Waals surface area contributed by atoms with Gasteiger partial charge in [-0.3, -0.25) is 19.8 Å². The molecule has 1 aromatic carbocycles. The average Bonchev–Trinajstić information content (AvgIpc) is 3.62. The molecule has 186 valence electrons. The SMILES string of the molecule is CC(Oc1ccc2[nH]nc(-c3nc4c([nH]3)CN(C(=O)CN3CCCC3)C4)c2c1)c1c(Cl)cncc1Cl. The van der Waals surface area contributed by atoms with Crippen LogP contribution in [0.25, 0.3) is 22.4 Å². The molecule has 2 aliphatic heterocycles. The average molecular weight is 526 g/mol. The number of halogens is 2. The number of nitrogens with zero attached hydrogens (tertiary/aromatic N) is 5. The number of ether oxygens (including phenoxy) is 1. The smallest absolute Gasteiger partial charge is 0.237 e. The van der Waals surface area contributed by atoms with E-state index < -0.39 is 0 Å². The van der Waals surface area contributed by atoms with Crippen molar-refractivity contribution in [3.05, 3.63) is 57.6 Å². The number of nitrogens with one attached hydrogen (secondary N) is 2. The van der Waals surface area contributed by atoms with E-state index in [1.165, 1.54) is 12.8 Å². The van der Waals surface area contributed by atoms with Crippen LogP contribution in [0.3, 0.4) is 0 Å². The molecule has 36 heavy (non-hydrogen) atoms. The highest BCUT2D eigenvalue weighted by Crippen LogP contribution is 2.35. The molecule has 1 saturated heterocycles. The molecule has 1 atom stereocenters. The van der Waals surface area contributed by atoms with Crippen LogP contribution in [-0.2, 0) is 17.9 Å². The van der Waals surface area contributed by atoms with Crippen LogP contribution in [0.2, 0.25) is 10.0 Å². The molecule has 2 aliphatic rings. The van der Waals surface area contributed by atoms with Crippen molar-refractivity contribution in [2.75, 3.05) is 19.6 Å². The number of rotatable bonds is 6. The van der Waals surface area contributed by atoms with Crippen molar-refractivity contribution >= 4 is 40.0 Å². The lowest BCUT2D eigenvalue weighted by molar-refractivity contribution is -0.132. The molecule has 1 amide bonds. The van der Waals surface area contributed by atoms with Gasteiger partial charge in [0.15, 0.2) is 5.82 Å². The van der Waals surface area contributed by atoms with Gasteiger partial charge in [-0.25, -0.2) is 4.98 Å². The fourth-order valence-electron chi connectivity index (χ4n) is 4.97. The molecule has 0 radical (unpaired) electrons. The zero-order valence-corrected chi connectivity index (χ0v) is 21.2. The number of carbonyl (C=O) groups excluding carboxylic acids is 1. The summed E-state index contributed by atoms with van der Waals surface area (Å²) in [6.07, 6.45) is 5.07. The zero-order valence-electron chi connectivity index (χ0n) is 19.7. The molecule has 3 aromatic heterocycles. The number of likely N-dealkylation sites (tertiary alicyclic amines) is 1. The van der Waals surface area contributed by atoms with Crippen molar-refractivity contribution in [3.8, 4) is 17.3 Å². The standard InChI is InChI=1S/C25H25Cl2N7O2/c1-14(23-17(26)9-28-10-18(23)27)36-15-4-5-19-16(8-15)24(32-31-19)25-29-20-11-34(12-21(20)30-25)22(35)13-33-6-2-3-7-33/h4-5,8-10,14H,2-3,6-7,11-13H2,1H3,(H,29,30)(H,31,32). The Bertz CT molecular complexity index is 1400. The number of benzene rings is 1. The summed E-state index contributed by atoms with van der Waals surface area (Å²) >= 11 is 12.6. The second-order valence-corrected chi connectivity index (χ2v) is 10.1. The first-order chi connectivity index (χ1) is 17.5. The van der Waals surface area contributed by atoms with E-state index >= 15 is 0 Å². The summed E-state index contributed by atoms with van der Waals surface area (Å²) in [7, 11) is 0. The number of imidazole rings is 1. The lowest BCUT2D eigenvalue weighted by atomic mass is 10.1. The van der Waals surface area contributed by atoms with Gasteiger partial charge in [-0.2, -0.15) is 5.10 Å². The summed E-state index contributed by atoms with van der Waals surface area (Å²) in [5.41, 5.74) is 4.10. The van der Waals surface area contributed by atoms with Crippen LogP contribution in [0.5, 0.6) is 5.75 Å². The van der Waals surface area contributed by atoms with Gasteiger partial charge < -0.3 is 14.6 Å². The normalized spacial score (nSPS) is 16.6. The number of H-pyrrole nitrogens is 2. The summed E-state index contributed by atoms with van der Waals surface area (Å²) in [6.45, 7) is 5.44. The molecule has 0 aliphatic carbocycles. The largest absolute Gasteiger partial charge is 0.486 e. The lowest BCUT2D eigenvalue weighted by Crippen LogP contribution is -2.36. The third kappa shape index (κ3) is 4.31. The van der Waals surface area contributed by atoms with Crippen LogP contribution in [0.4, 0.5) is 0 Å². The molecule has 5 heterocycles. The van der Waals surface area contributed by atoms with Crippen LogP contribution in [-0.4, -0.2) is 60.5 Å². The number of carbonyl (C=O) groups is 1. The molecule has 9 nitrogen and oxygen atoms in total. The highest BCUT2D eigenvalue weighted by Gasteiger charge is 2.29. The number of pyridine rings is 1. The maximum Gasteiger partial charge on any atom is 0.237 e. The first-order valence-electron chi connectivity index (χ1n) is 12.0. The van der Waals surface area contributed by atoms with Crippen molar-refractivity contribution in [2.45, 2.75) is 39.0 Å². The first kappa shape index (κ1) is 23.3. The van der Waals surface area contributed by atoms with Crippen LogP contribution >= 0.6 is 23.2 Å². The highest BCUT2D eigenvalue weighted by atomic mass is 35.5. The molecule has 0 saturated carbocycles. The second-order valence-electron chi connectivity index (χ2n) is 9.30. The van der Waals surface area contributed by atoms with Crippen LogP contribution < -0.4 is 4.74 Å². The molecular weight excluding hydrogens is 501 g/mol. The highest BCUT2D eigenvalue weighted by molar-refractivity contribution is 6.35. The van der Waals surface area contributed by atoms with Gasteiger partial charge in [0.1, 0.15) is 17.5 Å². The Hall–Kier alpha value is -3.14. The van der Waals surface area contributed by atoms with Gasteiger partial charge in [-0.15, -0.1) is 0 Å². The third-order valence-electron chi connectivity index (χ3n) is 6.83. The van der Waals surface area contributed by atoms with Gasteiger partial charge in [-0.05, 0) is 51.1 Å². The summed E-state index contributed by atoms with van der Waals surface area (Å²) < 4.78 is 6.17. The molecule has 1 unspecified atom stereocenters. The van der Waals surface area contributed by atoms with E-state index in [-0.39, 0.29) is 12.0 Å². The van der Waals surface area contributed by atoms with E-state index in [1.54, 1.807) is 12.4 Å². The van der Waals surface area contributed by atoms with Gasteiger partial charge >= 0.3 is 0 Å². The van der Waals surface area contributed by atoms with Crippen molar-refractivity contribution in [2.24, 2.45) is 0 Å². The molecule has 6 rings (SSSR count). The Morgan fingerprint density at radius 3 is 2.69 bits per heavy atom. The summed E-state index contributed by atoms with van der Waals surface area (Å²) in [4.78, 5) is 29.0. The maximum absolute atomic E-state index is 12.7. The number of hydrogen-bond acceptors (Lipinski definition) is 6. The minimum atomic E-state index is -0.378. The van der Waals surface area contributed by atoms with Gasteiger partial charge in [0.2, 0.25) is 5.91 Å². The minimum absolute atomic E-state index is 0.153. The van der Waals surface area contributed by atoms with Crippen LogP contribution in [0.15, 0.2) is 30.6 Å². The number of fused-ring (bicyclic) bond motifs is 2. The minimum Gasteiger partial charge on any atom is -0.486 e. The van der Waals surface area contributed by atoms with E-state index in [4.69, 9.17) is 32.9 Å². The molecule has 2 N–H and O–H groups in total. The Kier molecular flexibility index (Phi) is 6.07. The molecule has 0 bridgehead atoms. The number of aromatic nitrogens is 5. The van der Waals surface area contributed by atoms with E-state index in [0.29, 0.717) is 52.5 Å². The zero-order chi connectivity index (χ0) is 24.8. The molecule has 1 fully saturated rings. The fraction of sp³-hybridized carbons (Fsp3) is 0.360. The molecular formula is C25H25Cl2N7O2. The summed E-state index contributed by atoms with van der Waals surface area (Å²) in [5, 5.41) is 9.35. The Balaban J connectivity index is 1.20. The van der Waals surface area contributed by atoms with Gasteiger partial charge in [0.05, 0.1) is 46.6 Å². The molecule has 0 spiro atoms. The second kappa shape index (κ2) is 9.38. The molecule has 4 aromatic rings. The number of aromatic amines is 2. The number of hydrogen-bond donors (Lipinski definition) is 2. The van der Waals surface area contributed by atoms with Crippen molar-refractivity contribution in [3.63, 3.8) is 0 Å². The van der Waals surface area contributed by atoms with Gasteiger partial charge in [-0.1, -0.05) is 23.2 Å². The Morgan fingerprint density at radius 1 is 1.17 bits per heavy atom. The van der Waals surface area contributed by atoms with E-state index in [9.17, 15) is 4.79 Å². The predicted octanol–water partition coefficient (Wildman–Crippen LogP) is 4.73. The number of amides is 1. The van der Waals surface area contributed by atoms with E-state index in [1.807, 2.05) is 30.0 Å². The lowest BCUT2D eigenvalue weighted by Gasteiger charge is -2.20. The third-order valence-corrected chi connectivity index (χ3v) is 7.44. The monoisotopic (exact) mass is 525 g/mol. The predicted molar refractivity (Wildman–Crippen MR) is 137 cm³/mol. The van der Waals surface area contributed by atoms with Crippen molar-refractivity contribution in [1.29, 1.82) is 0 Å². The summed E-state index contributed by atoms with van der Waals surface area (Å²) in [5.74, 6) is 1.48. The van der Waals surface area contributed by atoms with E-state index in [2.05, 4.69) is 25.1 Å².